The highest BCUT2D eigenvalue weighted by Gasteiger charge is 2.34. The number of amides is 2. The normalized spacial score (nSPS) is 14.4. The molecule has 0 spiro atoms. The van der Waals surface area contributed by atoms with Crippen LogP contribution in [0.3, 0.4) is 0 Å². The molecule has 3 aromatic rings. The number of alkyl halides is 3. The molecule has 1 aliphatic heterocycles. The lowest BCUT2D eigenvalue weighted by Crippen LogP contribution is -2.47. The molecule has 0 bridgehead atoms. The van der Waals surface area contributed by atoms with E-state index in [9.17, 15) is 27.6 Å². The summed E-state index contributed by atoms with van der Waals surface area (Å²) < 4.78 is 52.8. The third kappa shape index (κ3) is 6.76. The van der Waals surface area contributed by atoms with Crippen LogP contribution in [0.4, 0.5) is 13.2 Å². The molecule has 0 saturated carbocycles. The summed E-state index contributed by atoms with van der Waals surface area (Å²) in [5.74, 6) is -1.75. The summed E-state index contributed by atoms with van der Waals surface area (Å²) in [6, 6.07) is 6.16. The Labute approximate surface area is 237 Å². The van der Waals surface area contributed by atoms with Crippen molar-refractivity contribution < 1.29 is 37.3 Å². The number of ether oxygens (including phenoxy) is 2. The van der Waals surface area contributed by atoms with E-state index < -0.39 is 48.6 Å². The second-order valence-electron chi connectivity index (χ2n) is 9.47. The molecule has 2 N–H and O–H groups in total. The van der Waals surface area contributed by atoms with Crippen molar-refractivity contribution in [3.8, 4) is 11.8 Å². The Balaban J connectivity index is 1.78. The van der Waals surface area contributed by atoms with Gasteiger partial charge in [0.25, 0.3) is 11.5 Å². The van der Waals surface area contributed by atoms with Gasteiger partial charge in [0.15, 0.2) is 23.7 Å². The Hall–Kier alpha value is -3.78. The molecular formula is C26H29ClF3N5O6. The van der Waals surface area contributed by atoms with Crippen LogP contribution in [0.1, 0.15) is 35.8 Å². The number of aromatic nitrogens is 3. The van der Waals surface area contributed by atoms with Crippen LogP contribution >= 0.6 is 11.6 Å². The van der Waals surface area contributed by atoms with Gasteiger partial charge in [0.05, 0.1) is 13.2 Å². The Morgan fingerprint density at radius 1 is 1.22 bits per heavy atom. The van der Waals surface area contributed by atoms with Crippen molar-refractivity contribution in [2.75, 3.05) is 32.9 Å². The van der Waals surface area contributed by atoms with Crippen LogP contribution in [0, 0.1) is 0 Å². The number of likely N-dealkylation sites (tertiary alicyclic amines) is 1. The maximum atomic E-state index is 13.8. The molecule has 1 fully saturated rings. The van der Waals surface area contributed by atoms with Crippen LogP contribution in [-0.4, -0.2) is 81.1 Å². The van der Waals surface area contributed by atoms with E-state index in [1.165, 1.54) is 16.5 Å². The van der Waals surface area contributed by atoms with E-state index in [0.29, 0.717) is 23.4 Å². The highest BCUT2D eigenvalue weighted by molar-refractivity contribution is 6.30. The maximum absolute atomic E-state index is 13.8. The summed E-state index contributed by atoms with van der Waals surface area (Å²) in [4.78, 5) is 44.9. The fourth-order valence-corrected chi connectivity index (χ4v) is 4.93. The minimum absolute atomic E-state index is 0.0576. The Morgan fingerprint density at radius 2 is 1.93 bits per heavy atom. The standard InChI is InChI=1S/C26H29ClF3N5O6/c1-3-40-25-32-22-19(24(39)35(25)12-15-5-4-6-16(27)11-15)21(41-14-26(28,29)30)20(33(22)2)23(38)31-17-7-9-34(10-8-17)18(37)13-36/h4-6,11,17,36H,3,7-10,12-14H2,1-2H3,(H,31,38). The van der Waals surface area contributed by atoms with Crippen LogP contribution in [0.15, 0.2) is 29.1 Å². The summed E-state index contributed by atoms with van der Waals surface area (Å²) >= 11 is 6.09. The molecule has 2 aromatic heterocycles. The van der Waals surface area contributed by atoms with Crippen LogP contribution in [-0.2, 0) is 18.4 Å². The van der Waals surface area contributed by atoms with E-state index in [2.05, 4.69) is 10.3 Å². The van der Waals surface area contributed by atoms with Gasteiger partial charge in [-0.15, -0.1) is 0 Å². The van der Waals surface area contributed by atoms with E-state index in [-0.39, 0.29) is 49.0 Å². The van der Waals surface area contributed by atoms with Crippen molar-refractivity contribution in [3.05, 3.63) is 50.9 Å². The molecule has 1 aromatic carbocycles. The molecule has 2 amide bonds. The Kier molecular flexibility index (Phi) is 9.12. The van der Waals surface area contributed by atoms with Crippen molar-refractivity contribution in [2.24, 2.45) is 7.05 Å². The third-order valence-electron chi connectivity index (χ3n) is 6.63. The van der Waals surface area contributed by atoms with Crippen molar-refractivity contribution in [2.45, 2.75) is 38.5 Å². The zero-order valence-corrected chi connectivity index (χ0v) is 23.1. The SMILES string of the molecule is CCOc1nc2c(c(OCC(F)(F)F)c(C(=O)NC3CCN(C(=O)CO)CC3)n2C)c(=O)n1Cc1cccc(Cl)c1. The Bertz CT molecular complexity index is 1500. The van der Waals surface area contributed by atoms with Gasteiger partial charge in [-0.3, -0.25) is 19.0 Å². The predicted octanol–water partition coefficient (Wildman–Crippen LogP) is 2.49. The number of nitrogens with one attached hydrogen (secondary N) is 1. The smallest absolute Gasteiger partial charge is 0.422 e. The topological polar surface area (TPSA) is 128 Å². The first-order valence-electron chi connectivity index (χ1n) is 12.8. The second-order valence-corrected chi connectivity index (χ2v) is 9.91. The number of rotatable bonds is 9. The molecule has 1 aliphatic rings. The fourth-order valence-electron chi connectivity index (χ4n) is 4.72. The molecule has 222 valence electrons. The van der Waals surface area contributed by atoms with Crippen molar-refractivity contribution >= 4 is 34.4 Å². The van der Waals surface area contributed by atoms with Gasteiger partial charge in [-0.2, -0.15) is 18.2 Å². The maximum Gasteiger partial charge on any atom is 0.422 e. The van der Waals surface area contributed by atoms with Gasteiger partial charge in [-0.1, -0.05) is 23.7 Å². The molecule has 0 atom stereocenters. The van der Waals surface area contributed by atoms with Crippen molar-refractivity contribution in [3.63, 3.8) is 0 Å². The van der Waals surface area contributed by atoms with Gasteiger partial charge in [-0.25, -0.2) is 0 Å². The summed E-state index contributed by atoms with van der Waals surface area (Å²) in [6.07, 6.45) is -4.03. The number of carbonyl (C=O) groups is 2. The number of aryl methyl sites for hydroxylation is 1. The van der Waals surface area contributed by atoms with E-state index in [4.69, 9.17) is 26.2 Å². The van der Waals surface area contributed by atoms with Gasteiger partial charge in [0, 0.05) is 31.2 Å². The Morgan fingerprint density at radius 3 is 2.54 bits per heavy atom. The van der Waals surface area contributed by atoms with Gasteiger partial charge < -0.3 is 29.4 Å². The van der Waals surface area contributed by atoms with Crippen molar-refractivity contribution in [1.82, 2.24) is 24.3 Å². The van der Waals surface area contributed by atoms with E-state index in [0.717, 1.165) is 4.57 Å². The molecule has 4 rings (SSSR count). The fraction of sp³-hybridized carbons (Fsp3) is 0.462. The lowest BCUT2D eigenvalue weighted by atomic mass is 10.0. The third-order valence-corrected chi connectivity index (χ3v) is 6.86. The van der Waals surface area contributed by atoms with Gasteiger partial charge >= 0.3 is 12.2 Å². The van der Waals surface area contributed by atoms with Crippen LogP contribution in [0.5, 0.6) is 11.8 Å². The molecule has 3 heterocycles. The summed E-state index contributed by atoms with van der Waals surface area (Å²) in [5, 5.41) is 11.9. The number of hydrogen-bond acceptors (Lipinski definition) is 7. The highest BCUT2D eigenvalue weighted by Crippen LogP contribution is 2.33. The molecule has 1 saturated heterocycles. The van der Waals surface area contributed by atoms with Crippen molar-refractivity contribution in [1.29, 1.82) is 0 Å². The molecule has 0 radical (unpaired) electrons. The minimum Gasteiger partial charge on any atom is -0.481 e. The first-order chi connectivity index (χ1) is 19.4. The average molecular weight is 600 g/mol. The molecule has 15 heteroatoms. The predicted molar refractivity (Wildman–Crippen MR) is 142 cm³/mol. The number of benzene rings is 1. The van der Waals surface area contributed by atoms with Crippen LogP contribution in [0.2, 0.25) is 5.02 Å². The zero-order chi connectivity index (χ0) is 29.9. The first-order valence-corrected chi connectivity index (χ1v) is 13.2. The summed E-state index contributed by atoms with van der Waals surface area (Å²) in [6.45, 7) is -0.0402. The molecule has 11 nitrogen and oxygen atoms in total. The number of aliphatic hydroxyl groups is 1. The van der Waals surface area contributed by atoms with E-state index in [1.807, 2.05) is 0 Å². The van der Waals surface area contributed by atoms with Gasteiger partial charge in [0.2, 0.25) is 5.91 Å². The summed E-state index contributed by atoms with van der Waals surface area (Å²) in [7, 11) is 1.39. The number of hydrogen-bond donors (Lipinski definition) is 2. The lowest BCUT2D eigenvalue weighted by Gasteiger charge is -2.32. The van der Waals surface area contributed by atoms with E-state index >= 15 is 0 Å². The number of nitrogens with zero attached hydrogens (tertiary/aromatic N) is 4. The number of halogens is 4. The number of carbonyl (C=O) groups excluding carboxylic acids is 2. The lowest BCUT2D eigenvalue weighted by molar-refractivity contribution is -0.153. The second kappa shape index (κ2) is 12.4. The quantitative estimate of drug-likeness (QED) is 0.387. The number of fused-ring (bicyclic) bond motifs is 1. The van der Waals surface area contributed by atoms with Gasteiger partial charge in [-0.05, 0) is 37.5 Å². The van der Waals surface area contributed by atoms with Crippen LogP contribution in [0.25, 0.3) is 11.0 Å². The highest BCUT2D eigenvalue weighted by atomic mass is 35.5. The zero-order valence-electron chi connectivity index (χ0n) is 22.3. The molecule has 0 aliphatic carbocycles. The minimum atomic E-state index is -4.75. The molecule has 41 heavy (non-hydrogen) atoms. The number of piperidine rings is 1. The van der Waals surface area contributed by atoms with E-state index in [1.54, 1.807) is 31.2 Å². The summed E-state index contributed by atoms with van der Waals surface area (Å²) in [5.41, 5.74) is -0.558. The average Bonchev–Trinajstić information content (AvgIpc) is 3.20. The largest absolute Gasteiger partial charge is 0.481 e. The van der Waals surface area contributed by atoms with Gasteiger partial charge in [0.1, 0.15) is 12.0 Å². The monoisotopic (exact) mass is 599 g/mol. The van der Waals surface area contributed by atoms with Crippen LogP contribution < -0.4 is 20.3 Å². The number of aliphatic hydroxyl groups excluding tert-OH is 1. The molecule has 0 unspecified atom stereocenters. The molecular weight excluding hydrogens is 571 g/mol. The first kappa shape index (κ1) is 30.2.